The Morgan fingerprint density at radius 3 is 2.78 bits per heavy atom. The molecule has 4 rings (SSSR count). The molecule has 3 heteroatoms. The number of fused-ring (bicyclic) bond motifs is 3. The minimum absolute atomic E-state index is 0.113. The maximum atomic E-state index is 7.72. The van der Waals surface area contributed by atoms with E-state index in [4.69, 9.17) is 8.22 Å². The van der Waals surface area contributed by atoms with Gasteiger partial charge < -0.3 is 4.57 Å². The molecule has 1 aromatic carbocycles. The third-order valence-electron chi connectivity index (χ3n) is 4.57. The highest BCUT2D eigenvalue weighted by molar-refractivity contribution is 5.68. The summed E-state index contributed by atoms with van der Waals surface area (Å²) in [5.74, 6) is 0.723. The molecule has 0 amide bonds. The first kappa shape index (κ1) is 9.02. The van der Waals surface area contributed by atoms with Crippen LogP contribution in [0.15, 0.2) is 30.6 Å². The van der Waals surface area contributed by atoms with E-state index in [1.54, 1.807) is 12.4 Å². The predicted molar refractivity (Wildman–Crippen MR) is 91.9 cm³/mol. The molecule has 116 valence electrons. The lowest BCUT2D eigenvalue weighted by atomic mass is 9.98. The number of hydrogen-bond acceptors (Lipinski definition) is 1. The van der Waals surface area contributed by atoms with E-state index in [9.17, 15) is 0 Å². The van der Waals surface area contributed by atoms with Crippen molar-refractivity contribution in [1.29, 1.82) is 0 Å². The molecule has 1 aliphatic heterocycles. The molecule has 1 aliphatic rings. The van der Waals surface area contributed by atoms with E-state index in [0.29, 0.717) is 12.0 Å². The number of aromatic nitrogens is 3. The largest absolute Gasteiger partial charge is 0.303 e. The van der Waals surface area contributed by atoms with Crippen LogP contribution in [0.25, 0.3) is 16.9 Å². The maximum Gasteiger partial charge on any atom is 0.212 e. The van der Waals surface area contributed by atoms with Crippen molar-refractivity contribution in [2.45, 2.75) is 34.0 Å². The summed E-state index contributed by atoms with van der Waals surface area (Å²) in [6.45, 7) is -0.548. The molecule has 0 unspecified atom stereocenters. The number of pyridine rings is 1. The van der Waals surface area contributed by atoms with Crippen molar-refractivity contribution in [1.82, 2.24) is 9.55 Å². The first-order valence-electron chi connectivity index (χ1n) is 10.6. The lowest BCUT2D eigenvalue weighted by molar-refractivity contribution is -0.660. The van der Waals surface area contributed by atoms with Gasteiger partial charge in [-0.2, -0.15) is 0 Å². The Hall–Kier alpha value is -2.42. The highest BCUT2D eigenvalue weighted by Crippen LogP contribution is 2.33. The second-order valence-electron chi connectivity index (χ2n) is 6.25. The second-order valence-corrected chi connectivity index (χ2v) is 6.25. The fraction of sp³-hybridized carbons (Fsp3) is 0.300. The summed E-state index contributed by atoms with van der Waals surface area (Å²) in [6, 6.07) is 6.05. The van der Waals surface area contributed by atoms with Gasteiger partial charge in [-0.3, -0.25) is 0 Å². The van der Waals surface area contributed by atoms with Crippen LogP contribution in [0.3, 0.4) is 0 Å². The molecule has 23 heavy (non-hydrogen) atoms. The van der Waals surface area contributed by atoms with Gasteiger partial charge in [0.25, 0.3) is 0 Å². The number of nitrogens with zero attached hydrogens (tertiary/aromatic N) is 3. The van der Waals surface area contributed by atoms with Crippen LogP contribution in [0.1, 0.15) is 42.0 Å². The normalized spacial score (nSPS) is 17.3. The quantitative estimate of drug-likeness (QED) is 0.493. The van der Waals surface area contributed by atoms with Gasteiger partial charge in [0.05, 0.1) is 11.4 Å². The fourth-order valence-electron chi connectivity index (χ4n) is 3.32. The molecular formula is C20H22N3+. The Bertz CT molecular complexity index is 1140. The van der Waals surface area contributed by atoms with Gasteiger partial charge in [0.15, 0.2) is 6.20 Å². The Morgan fingerprint density at radius 2 is 2.00 bits per heavy atom. The van der Waals surface area contributed by atoms with Crippen molar-refractivity contribution in [3.05, 3.63) is 64.4 Å². The third-order valence-corrected chi connectivity index (χ3v) is 4.57. The maximum absolute atomic E-state index is 7.72. The van der Waals surface area contributed by atoms with Crippen molar-refractivity contribution in [3.8, 4) is 16.9 Å². The van der Waals surface area contributed by atoms with Gasteiger partial charge in [-0.15, -0.1) is 0 Å². The van der Waals surface area contributed by atoms with E-state index < -0.39 is 13.7 Å². The monoisotopic (exact) mass is 310 g/mol. The number of rotatable bonds is 1. The molecule has 0 spiro atoms. The Kier molecular flexibility index (Phi) is 1.88. The van der Waals surface area contributed by atoms with Crippen LogP contribution in [0.4, 0.5) is 0 Å². The lowest BCUT2D eigenvalue weighted by Gasteiger charge is -2.10. The molecule has 0 aliphatic carbocycles. The van der Waals surface area contributed by atoms with Gasteiger partial charge >= 0.3 is 0 Å². The summed E-state index contributed by atoms with van der Waals surface area (Å²) < 4.78 is 49.6. The SMILES string of the molecule is [2H]C([2H])([2H])c1cn2c(n1)Cc1cc(-c3cc(C)c(C([2H])([2H])[2H])c[n+]3C)c(C)cc1-2. The standard InChI is InChI=1S/C20H22N3/c1-12-6-19(22(5)10-14(12)3)17-8-16-9-20-21-15(4)11-23(20)18(16)7-13(17)2/h6-8,10-11H,9H2,1-5H3/q+1/i3D3,4D3. The zero-order valence-corrected chi connectivity index (χ0v) is 13.4. The minimum Gasteiger partial charge on any atom is -0.303 e. The summed E-state index contributed by atoms with van der Waals surface area (Å²) >= 11 is 0. The zero-order valence-electron chi connectivity index (χ0n) is 19.4. The van der Waals surface area contributed by atoms with Crippen molar-refractivity contribution < 1.29 is 12.8 Å². The van der Waals surface area contributed by atoms with Gasteiger partial charge in [-0.1, -0.05) is 0 Å². The Balaban J connectivity index is 1.81. The van der Waals surface area contributed by atoms with Crippen LogP contribution >= 0.6 is 0 Å². The average molecular weight is 310 g/mol. The molecular weight excluding hydrogens is 282 g/mol. The summed E-state index contributed by atoms with van der Waals surface area (Å²) in [5, 5.41) is 0. The molecule has 3 nitrogen and oxygen atoms in total. The van der Waals surface area contributed by atoms with Crippen molar-refractivity contribution in [3.63, 3.8) is 0 Å². The first-order valence-corrected chi connectivity index (χ1v) is 7.60. The van der Waals surface area contributed by atoms with Gasteiger partial charge in [0.2, 0.25) is 5.69 Å². The summed E-state index contributed by atoms with van der Waals surface area (Å²) in [7, 11) is 1.85. The molecule has 0 saturated carbocycles. The summed E-state index contributed by atoms with van der Waals surface area (Å²) in [4.78, 5) is 4.31. The summed E-state index contributed by atoms with van der Waals surface area (Å²) in [5.41, 5.74) is 6.19. The number of aryl methyl sites for hydroxylation is 5. The first-order chi connectivity index (χ1) is 13.4. The van der Waals surface area contributed by atoms with Crippen LogP contribution < -0.4 is 4.57 Å². The van der Waals surface area contributed by atoms with E-state index in [2.05, 4.69) is 11.1 Å². The van der Waals surface area contributed by atoms with Crippen LogP contribution in [0, 0.1) is 27.6 Å². The molecule has 0 N–H and O–H groups in total. The minimum atomic E-state index is -2.22. The molecule has 0 fully saturated rings. The Labute approximate surface area is 145 Å². The van der Waals surface area contributed by atoms with Crippen LogP contribution in [0.2, 0.25) is 0 Å². The van der Waals surface area contributed by atoms with E-state index >= 15 is 0 Å². The molecule has 2 aromatic heterocycles. The lowest BCUT2D eigenvalue weighted by Crippen LogP contribution is -2.31. The Morgan fingerprint density at radius 1 is 1.13 bits per heavy atom. The number of benzene rings is 1. The second kappa shape index (κ2) is 4.79. The number of hydrogen-bond donors (Lipinski definition) is 0. The molecule has 3 aromatic rings. The zero-order chi connectivity index (χ0) is 21.3. The van der Waals surface area contributed by atoms with E-state index in [1.807, 2.05) is 42.2 Å². The van der Waals surface area contributed by atoms with Crippen molar-refractivity contribution >= 4 is 0 Å². The van der Waals surface area contributed by atoms with E-state index in [1.165, 1.54) is 0 Å². The van der Waals surface area contributed by atoms with Crippen LogP contribution in [-0.2, 0) is 13.5 Å². The molecule has 0 bridgehead atoms. The topological polar surface area (TPSA) is 21.7 Å². The van der Waals surface area contributed by atoms with E-state index in [0.717, 1.165) is 39.5 Å². The van der Waals surface area contributed by atoms with Gasteiger partial charge in [-0.25, -0.2) is 9.55 Å². The fourth-order valence-corrected chi connectivity index (χ4v) is 3.32. The van der Waals surface area contributed by atoms with E-state index in [-0.39, 0.29) is 5.69 Å². The van der Waals surface area contributed by atoms with Crippen molar-refractivity contribution in [2.75, 3.05) is 0 Å². The van der Waals surface area contributed by atoms with Gasteiger partial charge in [-0.05, 0) is 56.4 Å². The smallest absolute Gasteiger partial charge is 0.212 e. The summed E-state index contributed by atoms with van der Waals surface area (Å²) in [6.07, 6.45) is 3.84. The van der Waals surface area contributed by atoms with Gasteiger partial charge in [0.1, 0.15) is 12.9 Å². The third kappa shape index (κ3) is 2.11. The van der Waals surface area contributed by atoms with Gasteiger partial charge in [0, 0.05) is 38.0 Å². The van der Waals surface area contributed by atoms with Crippen LogP contribution in [-0.4, -0.2) is 9.55 Å². The predicted octanol–water partition coefficient (Wildman–Crippen LogP) is 3.50. The average Bonchev–Trinajstić information content (AvgIpc) is 3.13. The molecule has 0 radical (unpaired) electrons. The van der Waals surface area contributed by atoms with Crippen molar-refractivity contribution in [2.24, 2.45) is 7.05 Å². The highest BCUT2D eigenvalue weighted by atomic mass is 15.1. The number of imidazole rings is 1. The molecule has 0 atom stereocenters. The highest BCUT2D eigenvalue weighted by Gasteiger charge is 2.23. The molecule has 0 saturated heterocycles. The molecule has 3 heterocycles. The van der Waals surface area contributed by atoms with Crippen LogP contribution in [0.5, 0.6) is 0 Å².